The first-order valence-corrected chi connectivity index (χ1v) is 8.69. The van der Waals surface area contributed by atoms with E-state index in [1.807, 2.05) is 19.1 Å². The number of nitrogens with one attached hydrogen (secondary N) is 1. The van der Waals surface area contributed by atoms with Gasteiger partial charge in [0.15, 0.2) is 11.5 Å². The second-order valence-electron chi connectivity index (χ2n) is 6.43. The van der Waals surface area contributed by atoms with Gasteiger partial charge in [-0.3, -0.25) is 19.3 Å². The standard InChI is InChI=1S/C20H18N2O5/c1-12(13-6-7-16-17(10-13)27-9-8-26-16)21-18(23)11-22-19(24)14-4-2-3-5-15(14)20(22)25/h2-7,10,12H,8-9,11H2,1H3,(H,21,23)/t12-/m1/s1. The minimum absolute atomic E-state index is 0.316. The van der Waals surface area contributed by atoms with Crippen LogP contribution in [0.25, 0.3) is 0 Å². The summed E-state index contributed by atoms with van der Waals surface area (Å²) >= 11 is 0. The molecule has 0 saturated carbocycles. The van der Waals surface area contributed by atoms with Crippen LogP contribution in [0.2, 0.25) is 0 Å². The Balaban J connectivity index is 1.43. The zero-order chi connectivity index (χ0) is 19.0. The van der Waals surface area contributed by atoms with Gasteiger partial charge in [-0.25, -0.2) is 0 Å². The average molecular weight is 366 g/mol. The largest absolute Gasteiger partial charge is 0.486 e. The van der Waals surface area contributed by atoms with E-state index in [0.717, 1.165) is 10.5 Å². The van der Waals surface area contributed by atoms with Crippen LogP contribution in [0.5, 0.6) is 11.5 Å². The van der Waals surface area contributed by atoms with Crippen LogP contribution in [0.1, 0.15) is 39.2 Å². The topological polar surface area (TPSA) is 84.9 Å². The first-order chi connectivity index (χ1) is 13.0. The molecule has 1 atom stereocenters. The third-order valence-corrected chi connectivity index (χ3v) is 4.62. The molecular formula is C20H18N2O5. The van der Waals surface area contributed by atoms with Crippen molar-refractivity contribution in [3.8, 4) is 11.5 Å². The van der Waals surface area contributed by atoms with Crippen molar-refractivity contribution in [2.75, 3.05) is 19.8 Å². The fourth-order valence-corrected chi connectivity index (χ4v) is 3.23. The molecule has 2 heterocycles. The summed E-state index contributed by atoms with van der Waals surface area (Å²) in [7, 11) is 0. The van der Waals surface area contributed by atoms with Crippen LogP contribution in [-0.4, -0.2) is 42.4 Å². The zero-order valence-corrected chi connectivity index (χ0v) is 14.7. The molecule has 0 spiro atoms. The van der Waals surface area contributed by atoms with Crippen LogP contribution in [0.4, 0.5) is 0 Å². The first-order valence-electron chi connectivity index (χ1n) is 8.69. The molecule has 7 heteroatoms. The van der Waals surface area contributed by atoms with Crippen molar-refractivity contribution >= 4 is 17.7 Å². The molecule has 2 aromatic rings. The van der Waals surface area contributed by atoms with Crippen molar-refractivity contribution in [3.05, 3.63) is 59.2 Å². The van der Waals surface area contributed by atoms with E-state index in [0.29, 0.717) is 35.8 Å². The highest BCUT2D eigenvalue weighted by atomic mass is 16.6. The number of hydrogen-bond donors (Lipinski definition) is 1. The quantitative estimate of drug-likeness (QED) is 0.836. The third-order valence-electron chi connectivity index (χ3n) is 4.62. The highest BCUT2D eigenvalue weighted by Crippen LogP contribution is 2.32. The Bertz CT molecular complexity index is 905. The van der Waals surface area contributed by atoms with Gasteiger partial charge in [-0.2, -0.15) is 0 Å². The van der Waals surface area contributed by atoms with Crippen molar-refractivity contribution in [3.63, 3.8) is 0 Å². The highest BCUT2D eigenvalue weighted by molar-refractivity contribution is 6.22. The molecule has 0 radical (unpaired) electrons. The van der Waals surface area contributed by atoms with Crippen LogP contribution >= 0.6 is 0 Å². The van der Waals surface area contributed by atoms with Crippen LogP contribution in [0.15, 0.2) is 42.5 Å². The molecule has 2 aliphatic heterocycles. The van der Waals surface area contributed by atoms with Crippen LogP contribution in [0.3, 0.4) is 0 Å². The zero-order valence-electron chi connectivity index (χ0n) is 14.7. The van der Waals surface area contributed by atoms with E-state index in [-0.39, 0.29) is 12.6 Å². The molecule has 1 N–H and O–H groups in total. The summed E-state index contributed by atoms with van der Waals surface area (Å²) in [5.41, 5.74) is 1.50. The molecule has 0 aliphatic carbocycles. The number of nitrogens with zero attached hydrogens (tertiary/aromatic N) is 1. The molecule has 4 rings (SSSR count). The predicted molar refractivity (Wildman–Crippen MR) is 95.8 cm³/mol. The second kappa shape index (κ2) is 6.75. The van der Waals surface area contributed by atoms with E-state index in [1.54, 1.807) is 30.3 Å². The molecule has 3 amide bonds. The molecule has 27 heavy (non-hydrogen) atoms. The molecule has 138 valence electrons. The Kier molecular flexibility index (Phi) is 4.27. The average Bonchev–Trinajstić information content (AvgIpc) is 2.92. The van der Waals surface area contributed by atoms with E-state index in [9.17, 15) is 14.4 Å². The van der Waals surface area contributed by atoms with Gasteiger partial charge in [-0.15, -0.1) is 0 Å². The van der Waals surface area contributed by atoms with E-state index in [4.69, 9.17) is 9.47 Å². The van der Waals surface area contributed by atoms with Gasteiger partial charge >= 0.3 is 0 Å². The van der Waals surface area contributed by atoms with Crippen molar-refractivity contribution < 1.29 is 23.9 Å². The lowest BCUT2D eigenvalue weighted by Gasteiger charge is -2.21. The number of hydrogen-bond acceptors (Lipinski definition) is 5. The number of amides is 3. The Hall–Kier alpha value is -3.35. The maximum Gasteiger partial charge on any atom is 0.262 e. The van der Waals surface area contributed by atoms with Crippen molar-refractivity contribution in [1.29, 1.82) is 0 Å². The van der Waals surface area contributed by atoms with Gasteiger partial charge < -0.3 is 14.8 Å². The molecule has 0 saturated heterocycles. The molecule has 2 aliphatic rings. The lowest BCUT2D eigenvalue weighted by molar-refractivity contribution is -0.122. The molecule has 7 nitrogen and oxygen atoms in total. The number of fused-ring (bicyclic) bond motifs is 2. The summed E-state index contributed by atoms with van der Waals surface area (Å²) in [6.45, 7) is 2.50. The lowest BCUT2D eigenvalue weighted by Crippen LogP contribution is -2.41. The van der Waals surface area contributed by atoms with E-state index in [2.05, 4.69) is 5.32 Å². The molecule has 0 bridgehead atoms. The second-order valence-corrected chi connectivity index (χ2v) is 6.43. The lowest BCUT2D eigenvalue weighted by atomic mass is 10.1. The summed E-state index contributed by atoms with van der Waals surface area (Å²) in [5, 5.41) is 2.82. The maximum atomic E-state index is 12.4. The third kappa shape index (κ3) is 3.12. The van der Waals surface area contributed by atoms with Crippen LogP contribution < -0.4 is 14.8 Å². The van der Waals surface area contributed by atoms with E-state index < -0.39 is 17.7 Å². The van der Waals surface area contributed by atoms with Gasteiger partial charge in [0, 0.05) is 0 Å². The number of rotatable bonds is 4. The minimum atomic E-state index is -0.447. The van der Waals surface area contributed by atoms with Gasteiger partial charge in [0.2, 0.25) is 5.91 Å². The summed E-state index contributed by atoms with van der Waals surface area (Å²) in [6.07, 6.45) is 0. The Morgan fingerprint density at radius 1 is 1.04 bits per heavy atom. The Morgan fingerprint density at radius 2 is 1.67 bits per heavy atom. The summed E-state index contributed by atoms with van der Waals surface area (Å²) < 4.78 is 11.0. The number of benzene rings is 2. The number of imide groups is 1. The van der Waals surface area contributed by atoms with Crippen molar-refractivity contribution in [2.45, 2.75) is 13.0 Å². The van der Waals surface area contributed by atoms with E-state index >= 15 is 0 Å². The summed E-state index contributed by atoms with van der Waals surface area (Å²) in [6, 6.07) is 11.7. The SMILES string of the molecule is C[C@@H](NC(=O)CN1C(=O)c2ccccc2C1=O)c1ccc2c(c1)OCCO2. The monoisotopic (exact) mass is 366 g/mol. The molecule has 0 unspecified atom stereocenters. The highest BCUT2D eigenvalue weighted by Gasteiger charge is 2.36. The van der Waals surface area contributed by atoms with E-state index in [1.165, 1.54) is 0 Å². The number of carbonyl (C=O) groups is 3. The molecule has 0 aromatic heterocycles. The van der Waals surface area contributed by atoms with Crippen LogP contribution in [-0.2, 0) is 4.79 Å². The molecular weight excluding hydrogens is 348 g/mol. The van der Waals surface area contributed by atoms with Gasteiger partial charge in [0.05, 0.1) is 17.2 Å². The normalized spacial score (nSPS) is 16.1. The molecule has 0 fully saturated rings. The first kappa shape index (κ1) is 17.1. The minimum Gasteiger partial charge on any atom is -0.486 e. The Labute approximate surface area is 155 Å². The van der Waals surface area contributed by atoms with Gasteiger partial charge in [0.1, 0.15) is 19.8 Å². The number of ether oxygens (including phenoxy) is 2. The van der Waals surface area contributed by atoms with Crippen molar-refractivity contribution in [2.24, 2.45) is 0 Å². The summed E-state index contributed by atoms with van der Waals surface area (Å²) in [5.74, 6) is 0.0112. The van der Waals surface area contributed by atoms with Crippen LogP contribution in [0, 0.1) is 0 Å². The predicted octanol–water partition coefficient (Wildman–Crippen LogP) is 1.93. The van der Waals surface area contributed by atoms with Gasteiger partial charge in [-0.1, -0.05) is 18.2 Å². The maximum absolute atomic E-state index is 12.4. The smallest absolute Gasteiger partial charge is 0.262 e. The van der Waals surface area contributed by atoms with Gasteiger partial charge in [0.25, 0.3) is 11.8 Å². The summed E-state index contributed by atoms with van der Waals surface area (Å²) in [4.78, 5) is 38.1. The van der Waals surface area contributed by atoms with Gasteiger partial charge in [-0.05, 0) is 36.8 Å². The van der Waals surface area contributed by atoms with Crippen molar-refractivity contribution in [1.82, 2.24) is 10.2 Å². The Morgan fingerprint density at radius 3 is 2.33 bits per heavy atom. The molecule has 2 aromatic carbocycles. The number of carbonyl (C=O) groups excluding carboxylic acids is 3. The fourth-order valence-electron chi connectivity index (χ4n) is 3.23. The fraction of sp³-hybridized carbons (Fsp3) is 0.250.